The average Bonchev–Trinajstić information content (AvgIpc) is 2.59. The van der Waals surface area contributed by atoms with Gasteiger partial charge in [0.25, 0.3) is 0 Å². The van der Waals surface area contributed by atoms with Crippen molar-refractivity contribution in [2.75, 3.05) is 18.5 Å². The number of benzene rings is 2. The maximum atomic E-state index is 13.2. The van der Waals surface area contributed by atoms with Gasteiger partial charge in [0.05, 0.1) is 5.41 Å². The number of hydrogen-bond acceptors (Lipinski definition) is 2. The minimum absolute atomic E-state index is 0.00140. The first kappa shape index (κ1) is 17.5. The van der Waals surface area contributed by atoms with Crippen LogP contribution in [-0.2, 0) is 14.9 Å². The van der Waals surface area contributed by atoms with Crippen molar-refractivity contribution in [3.63, 3.8) is 0 Å². The van der Waals surface area contributed by atoms with Gasteiger partial charge in [-0.05, 0) is 55.2 Å². The van der Waals surface area contributed by atoms with Crippen molar-refractivity contribution in [2.24, 2.45) is 0 Å². The lowest BCUT2D eigenvalue weighted by Crippen LogP contribution is -2.45. The summed E-state index contributed by atoms with van der Waals surface area (Å²) in [6, 6.07) is 13.5. The van der Waals surface area contributed by atoms with E-state index in [1.54, 1.807) is 6.07 Å². The van der Waals surface area contributed by atoms with Gasteiger partial charge in [-0.15, -0.1) is 0 Å². The van der Waals surface area contributed by atoms with E-state index in [0.717, 1.165) is 21.3 Å². The van der Waals surface area contributed by atoms with Gasteiger partial charge in [-0.1, -0.05) is 45.7 Å². The number of carbonyl (C=O) groups is 1. The van der Waals surface area contributed by atoms with Gasteiger partial charge in [-0.25, -0.2) is 0 Å². The molecular formula is C19H19BrClNO2. The van der Waals surface area contributed by atoms with E-state index in [-0.39, 0.29) is 5.91 Å². The summed E-state index contributed by atoms with van der Waals surface area (Å²) in [7, 11) is 0. The molecule has 1 amide bonds. The Balaban J connectivity index is 1.95. The molecule has 0 aromatic heterocycles. The molecule has 1 fully saturated rings. The number of halogens is 2. The zero-order valence-corrected chi connectivity index (χ0v) is 15.8. The van der Waals surface area contributed by atoms with Gasteiger partial charge < -0.3 is 10.1 Å². The fourth-order valence-corrected chi connectivity index (χ4v) is 3.54. The lowest BCUT2D eigenvalue weighted by molar-refractivity contribution is -0.125. The van der Waals surface area contributed by atoms with Gasteiger partial charge in [0.1, 0.15) is 0 Å². The zero-order valence-electron chi connectivity index (χ0n) is 13.4. The summed E-state index contributed by atoms with van der Waals surface area (Å²) in [6.07, 6.45) is 1.33. The summed E-state index contributed by atoms with van der Waals surface area (Å²) < 4.78 is 6.50. The minimum atomic E-state index is -0.576. The maximum Gasteiger partial charge on any atom is 0.235 e. The van der Waals surface area contributed by atoms with Gasteiger partial charge >= 0.3 is 0 Å². The maximum absolute atomic E-state index is 13.2. The summed E-state index contributed by atoms with van der Waals surface area (Å²) in [6.45, 7) is 3.12. The first-order valence-corrected chi connectivity index (χ1v) is 9.10. The molecule has 0 saturated carbocycles. The van der Waals surface area contributed by atoms with Crippen molar-refractivity contribution in [2.45, 2.75) is 25.2 Å². The summed E-state index contributed by atoms with van der Waals surface area (Å²) in [5.74, 6) is -0.00140. The third-order valence-electron chi connectivity index (χ3n) is 4.63. The van der Waals surface area contributed by atoms with E-state index in [1.807, 2.05) is 43.3 Å². The number of ether oxygens (including phenoxy) is 1. The Kier molecular flexibility index (Phi) is 5.28. The molecule has 0 unspecified atom stereocenters. The highest BCUT2D eigenvalue weighted by atomic mass is 79.9. The molecule has 1 aliphatic heterocycles. The van der Waals surface area contributed by atoms with Gasteiger partial charge in [-0.3, -0.25) is 4.79 Å². The lowest BCUT2D eigenvalue weighted by Gasteiger charge is -2.36. The molecule has 24 heavy (non-hydrogen) atoms. The van der Waals surface area contributed by atoms with Gasteiger partial charge in [0.2, 0.25) is 5.91 Å². The van der Waals surface area contributed by atoms with Crippen molar-refractivity contribution in [1.29, 1.82) is 0 Å². The molecule has 0 radical (unpaired) electrons. The number of rotatable bonds is 3. The third kappa shape index (κ3) is 3.51. The fraction of sp³-hybridized carbons (Fsp3) is 0.316. The molecule has 0 atom stereocenters. The van der Waals surface area contributed by atoms with Crippen LogP contribution in [0.25, 0.3) is 0 Å². The van der Waals surface area contributed by atoms with Crippen LogP contribution in [0.1, 0.15) is 24.0 Å². The Morgan fingerprint density at radius 3 is 2.50 bits per heavy atom. The number of aryl methyl sites for hydroxylation is 1. The predicted molar refractivity (Wildman–Crippen MR) is 101 cm³/mol. The highest BCUT2D eigenvalue weighted by Gasteiger charge is 2.41. The molecule has 0 spiro atoms. The topological polar surface area (TPSA) is 38.3 Å². The first-order valence-electron chi connectivity index (χ1n) is 7.93. The number of hydrogen-bond donors (Lipinski definition) is 1. The Morgan fingerprint density at radius 1 is 1.17 bits per heavy atom. The molecule has 5 heteroatoms. The third-order valence-corrected chi connectivity index (χ3v) is 5.39. The molecule has 2 aromatic carbocycles. The van der Waals surface area contributed by atoms with Crippen molar-refractivity contribution in [3.8, 4) is 0 Å². The molecule has 1 heterocycles. The molecule has 1 aliphatic rings. The molecule has 1 saturated heterocycles. The van der Waals surface area contributed by atoms with Gasteiger partial charge in [0, 0.05) is 28.4 Å². The molecule has 3 rings (SSSR count). The van der Waals surface area contributed by atoms with Crippen molar-refractivity contribution >= 4 is 39.1 Å². The van der Waals surface area contributed by atoms with E-state index in [4.69, 9.17) is 16.3 Å². The molecular weight excluding hydrogens is 390 g/mol. The Bertz CT molecular complexity index is 740. The number of anilines is 1. The number of carbonyl (C=O) groups excluding carboxylic acids is 1. The van der Waals surface area contributed by atoms with Crippen LogP contribution in [0.2, 0.25) is 5.02 Å². The highest BCUT2D eigenvalue weighted by Crippen LogP contribution is 2.37. The molecule has 126 valence electrons. The summed E-state index contributed by atoms with van der Waals surface area (Å²) in [4.78, 5) is 13.2. The molecule has 0 bridgehead atoms. The van der Waals surface area contributed by atoms with Crippen molar-refractivity contribution in [1.82, 2.24) is 0 Å². The second-order valence-corrected chi connectivity index (χ2v) is 7.47. The first-order chi connectivity index (χ1) is 11.5. The standard InChI is InChI=1S/C19H19BrClNO2/c1-13-2-7-16(21)12-17(13)22-18(23)19(8-10-24-11-9-19)14-3-5-15(20)6-4-14/h2-7,12H,8-11H2,1H3,(H,22,23). The normalized spacial score (nSPS) is 16.6. The molecule has 2 aromatic rings. The minimum Gasteiger partial charge on any atom is -0.381 e. The second-order valence-electron chi connectivity index (χ2n) is 6.11. The van der Waals surface area contributed by atoms with E-state index < -0.39 is 5.41 Å². The van der Waals surface area contributed by atoms with Crippen LogP contribution < -0.4 is 5.32 Å². The smallest absolute Gasteiger partial charge is 0.235 e. The van der Waals surface area contributed by atoms with Crippen LogP contribution in [-0.4, -0.2) is 19.1 Å². The van der Waals surface area contributed by atoms with E-state index in [0.29, 0.717) is 31.1 Å². The highest BCUT2D eigenvalue weighted by molar-refractivity contribution is 9.10. The van der Waals surface area contributed by atoms with E-state index in [9.17, 15) is 4.79 Å². The molecule has 0 aliphatic carbocycles. The summed E-state index contributed by atoms with van der Waals surface area (Å²) in [5.41, 5.74) is 2.20. The SMILES string of the molecule is Cc1ccc(Cl)cc1NC(=O)C1(c2ccc(Br)cc2)CCOCC1. The summed E-state index contributed by atoms with van der Waals surface area (Å²) >= 11 is 9.53. The van der Waals surface area contributed by atoms with Crippen LogP contribution in [0.15, 0.2) is 46.9 Å². The summed E-state index contributed by atoms with van der Waals surface area (Å²) in [5, 5.41) is 3.70. The van der Waals surface area contributed by atoms with Gasteiger partial charge in [0.15, 0.2) is 0 Å². The average molecular weight is 409 g/mol. The zero-order chi connectivity index (χ0) is 17.2. The van der Waals surface area contributed by atoms with E-state index in [1.165, 1.54) is 0 Å². The lowest BCUT2D eigenvalue weighted by atomic mass is 9.73. The molecule has 3 nitrogen and oxygen atoms in total. The van der Waals surface area contributed by atoms with Gasteiger partial charge in [-0.2, -0.15) is 0 Å². The van der Waals surface area contributed by atoms with E-state index >= 15 is 0 Å². The molecule has 1 N–H and O–H groups in total. The number of nitrogens with one attached hydrogen (secondary N) is 1. The van der Waals surface area contributed by atoms with Crippen LogP contribution >= 0.6 is 27.5 Å². The van der Waals surface area contributed by atoms with Crippen LogP contribution in [0.3, 0.4) is 0 Å². The predicted octanol–water partition coefficient (Wildman–Crippen LogP) is 5.10. The largest absolute Gasteiger partial charge is 0.381 e. The second kappa shape index (κ2) is 7.26. The van der Waals surface area contributed by atoms with Crippen molar-refractivity contribution in [3.05, 3.63) is 63.1 Å². The monoisotopic (exact) mass is 407 g/mol. The van der Waals surface area contributed by atoms with Crippen LogP contribution in [0.4, 0.5) is 5.69 Å². The Morgan fingerprint density at radius 2 is 1.83 bits per heavy atom. The van der Waals surface area contributed by atoms with Crippen LogP contribution in [0, 0.1) is 6.92 Å². The van der Waals surface area contributed by atoms with Crippen LogP contribution in [0.5, 0.6) is 0 Å². The Labute approximate surface area is 155 Å². The van der Waals surface area contributed by atoms with Crippen molar-refractivity contribution < 1.29 is 9.53 Å². The quantitative estimate of drug-likeness (QED) is 0.767. The van der Waals surface area contributed by atoms with E-state index in [2.05, 4.69) is 21.2 Å². The number of amides is 1. The Hall–Kier alpha value is -1.36. The fourth-order valence-electron chi connectivity index (χ4n) is 3.11.